The van der Waals surface area contributed by atoms with E-state index in [9.17, 15) is 4.79 Å². The van der Waals surface area contributed by atoms with E-state index in [0.29, 0.717) is 6.54 Å². The molecule has 2 N–H and O–H groups in total. The van der Waals surface area contributed by atoms with Crippen molar-refractivity contribution in [2.75, 3.05) is 7.05 Å². The molecule has 3 heteroatoms. The van der Waals surface area contributed by atoms with Crippen LogP contribution in [0.5, 0.6) is 0 Å². The fraction of sp³-hybridized carbons (Fsp3) is 0.533. The molecule has 0 aromatic heterocycles. The van der Waals surface area contributed by atoms with Gasteiger partial charge in [-0.15, -0.1) is 0 Å². The molecule has 18 heavy (non-hydrogen) atoms. The van der Waals surface area contributed by atoms with Gasteiger partial charge in [0.15, 0.2) is 0 Å². The lowest BCUT2D eigenvalue weighted by Gasteiger charge is -2.31. The Morgan fingerprint density at radius 1 is 1.28 bits per heavy atom. The predicted molar refractivity (Wildman–Crippen MR) is 72.8 cm³/mol. The van der Waals surface area contributed by atoms with Crippen molar-refractivity contribution < 1.29 is 4.79 Å². The van der Waals surface area contributed by atoms with Crippen LogP contribution in [0.4, 0.5) is 0 Å². The molecule has 1 aromatic carbocycles. The molecular weight excluding hydrogens is 224 g/mol. The summed E-state index contributed by atoms with van der Waals surface area (Å²) in [6.07, 6.45) is 4.21. The molecule has 1 amide bonds. The van der Waals surface area contributed by atoms with Crippen molar-refractivity contribution in [3.63, 3.8) is 0 Å². The highest BCUT2D eigenvalue weighted by molar-refractivity contribution is 5.79. The molecule has 0 bridgehead atoms. The Hall–Kier alpha value is -1.35. The fourth-order valence-electron chi connectivity index (χ4n) is 2.68. The Balaban J connectivity index is 1.96. The van der Waals surface area contributed by atoms with Gasteiger partial charge in [0, 0.05) is 19.6 Å². The molecule has 1 fully saturated rings. The van der Waals surface area contributed by atoms with Crippen LogP contribution in [0.25, 0.3) is 0 Å². The first-order valence-corrected chi connectivity index (χ1v) is 6.73. The minimum absolute atomic E-state index is 0.0208. The molecule has 1 saturated carbocycles. The molecule has 2 atom stereocenters. The average Bonchev–Trinajstić information content (AvgIpc) is 2.39. The number of amides is 1. The molecule has 0 heterocycles. The van der Waals surface area contributed by atoms with Crippen LogP contribution in [0.3, 0.4) is 0 Å². The molecule has 0 radical (unpaired) electrons. The molecule has 2 unspecified atom stereocenters. The van der Waals surface area contributed by atoms with Gasteiger partial charge in [-0.1, -0.05) is 43.2 Å². The molecule has 0 aliphatic heterocycles. The number of nitrogens with two attached hydrogens (primary N) is 1. The zero-order valence-electron chi connectivity index (χ0n) is 11.0. The third kappa shape index (κ3) is 3.10. The molecular formula is C15H22N2O. The molecule has 3 nitrogen and oxygen atoms in total. The van der Waals surface area contributed by atoms with Gasteiger partial charge in [-0.05, 0) is 18.4 Å². The van der Waals surface area contributed by atoms with E-state index in [4.69, 9.17) is 5.73 Å². The third-order valence-corrected chi connectivity index (χ3v) is 3.78. The van der Waals surface area contributed by atoms with Crippen LogP contribution in [-0.2, 0) is 11.3 Å². The topological polar surface area (TPSA) is 46.3 Å². The van der Waals surface area contributed by atoms with E-state index in [2.05, 4.69) is 0 Å². The summed E-state index contributed by atoms with van der Waals surface area (Å²) >= 11 is 0. The van der Waals surface area contributed by atoms with E-state index in [1.807, 2.05) is 42.3 Å². The van der Waals surface area contributed by atoms with Gasteiger partial charge in [0.2, 0.25) is 5.91 Å². The summed E-state index contributed by atoms with van der Waals surface area (Å²) in [5, 5.41) is 0. The lowest BCUT2D eigenvalue weighted by Crippen LogP contribution is -2.44. The van der Waals surface area contributed by atoms with Gasteiger partial charge in [0.25, 0.3) is 0 Å². The summed E-state index contributed by atoms with van der Waals surface area (Å²) < 4.78 is 0. The highest BCUT2D eigenvalue weighted by Crippen LogP contribution is 2.24. The number of rotatable bonds is 3. The Morgan fingerprint density at radius 2 is 1.94 bits per heavy atom. The minimum Gasteiger partial charge on any atom is -0.341 e. The van der Waals surface area contributed by atoms with E-state index >= 15 is 0 Å². The lowest BCUT2D eigenvalue weighted by molar-refractivity contribution is -0.136. The summed E-state index contributed by atoms with van der Waals surface area (Å²) in [7, 11) is 1.87. The smallest absolute Gasteiger partial charge is 0.227 e. The predicted octanol–water partition coefficient (Wildman–Crippen LogP) is 2.16. The number of carbonyl (C=O) groups is 1. The summed E-state index contributed by atoms with van der Waals surface area (Å²) in [4.78, 5) is 14.2. The van der Waals surface area contributed by atoms with Crippen molar-refractivity contribution >= 4 is 5.91 Å². The van der Waals surface area contributed by atoms with Crippen molar-refractivity contribution in [1.29, 1.82) is 0 Å². The molecule has 0 saturated heterocycles. The standard InChI is InChI=1S/C15H22N2O/c1-17(11-12-7-3-2-4-8-12)15(18)13-9-5-6-10-14(13)16/h2-4,7-8,13-14H,5-6,9-11,16H2,1H3. The molecule has 1 aromatic rings. The van der Waals surface area contributed by atoms with Crippen LogP contribution in [0.15, 0.2) is 30.3 Å². The molecule has 1 aliphatic rings. The van der Waals surface area contributed by atoms with E-state index in [-0.39, 0.29) is 17.9 Å². The van der Waals surface area contributed by atoms with E-state index in [1.54, 1.807) is 0 Å². The quantitative estimate of drug-likeness (QED) is 0.888. The van der Waals surface area contributed by atoms with Crippen molar-refractivity contribution in [3.05, 3.63) is 35.9 Å². The van der Waals surface area contributed by atoms with Crippen molar-refractivity contribution in [3.8, 4) is 0 Å². The summed E-state index contributed by atoms with van der Waals surface area (Å²) in [6, 6.07) is 10.1. The van der Waals surface area contributed by atoms with Gasteiger partial charge in [-0.3, -0.25) is 4.79 Å². The zero-order chi connectivity index (χ0) is 13.0. The maximum atomic E-state index is 12.4. The van der Waals surface area contributed by atoms with Gasteiger partial charge in [0.05, 0.1) is 5.92 Å². The number of benzene rings is 1. The Morgan fingerprint density at radius 3 is 2.61 bits per heavy atom. The second-order valence-electron chi connectivity index (χ2n) is 5.23. The third-order valence-electron chi connectivity index (χ3n) is 3.78. The van der Waals surface area contributed by atoms with Gasteiger partial charge in [0.1, 0.15) is 0 Å². The number of nitrogens with zero attached hydrogens (tertiary/aromatic N) is 1. The van der Waals surface area contributed by atoms with Gasteiger partial charge < -0.3 is 10.6 Å². The summed E-state index contributed by atoms with van der Waals surface area (Å²) in [5.41, 5.74) is 7.23. The molecule has 1 aliphatic carbocycles. The van der Waals surface area contributed by atoms with Crippen LogP contribution in [-0.4, -0.2) is 23.9 Å². The van der Waals surface area contributed by atoms with Gasteiger partial charge in [-0.25, -0.2) is 0 Å². The van der Waals surface area contributed by atoms with Crippen molar-refractivity contribution in [1.82, 2.24) is 4.90 Å². The average molecular weight is 246 g/mol. The van der Waals surface area contributed by atoms with Crippen LogP contribution >= 0.6 is 0 Å². The lowest BCUT2D eigenvalue weighted by atomic mass is 9.84. The van der Waals surface area contributed by atoms with Crippen molar-refractivity contribution in [2.24, 2.45) is 11.7 Å². The normalized spacial score (nSPS) is 23.7. The van der Waals surface area contributed by atoms with Crippen LogP contribution in [0.2, 0.25) is 0 Å². The Labute approximate surface area is 109 Å². The zero-order valence-corrected chi connectivity index (χ0v) is 11.0. The molecule has 2 rings (SSSR count). The molecule has 0 spiro atoms. The maximum Gasteiger partial charge on any atom is 0.227 e. The first kappa shape index (κ1) is 13.1. The second kappa shape index (κ2) is 6.01. The van der Waals surface area contributed by atoms with E-state index < -0.39 is 0 Å². The van der Waals surface area contributed by atoms with Crippen LogP contribution in [0, 0.1) is 5.92 Å². The monoisotopic (exact) mass is 246 g/mol. The maximum absolute atomic E-state index is 12.4. The Bertz CT molecular complexity index is 391. The Kier molecular flexibility index (Phi) is 4.37. The number of carbonyl (C=O) groups excluding carboxylic acids is 1. The first-order valence-electron chi connectivity index (χ1n) is 6.73. The van der Waals surface area contributed by atoms with Crippen molar-refractivity contribution in [2.45, 2.75) is 38.3 Å². The summed E-state index contributed by atoms with van der Waals surface area (Å²) in [5.74, 6) is 0.221. The second-order valence-corrected chi connectivity index (χ2v) is 5.23. The van der Waals surface area contributed by atoms with Gasteiger partial charge >= 0.3 is 0 Å². The first-order chi connectivity index (χ1) is 8.68. The molecule has 98 valence electrons. The fourth-order valence-corrected chi connectivity index (χ4v) is 2.68. The van der Waals surface area contributed by atoms with E-state index in [1.165, 1.54) is 0 Å². The summed E-state index contributed by atoms with van der Waals surface area (Å²) in [6.45, 7) is 0.670. The largest absolute Gasteiger partial charge is 0.341 e. The highest BCUT2D eigenvalue weighted by Gasteiger charge is 2.30. The van der Waals surface area contributed by atoms with E-state index in [0.717, 1.165) is 31.2 Å². The highest BCUT2D eigenvalue weighted by atomic mass is 16.2. The van der Waals surface area contributed by atoms with Crippen LogP contribution < -0.4 is 5.73 Å². The van der Waals surface area contributed by atoms with Crippen LogP contribution in [0.1, 0.15) is 31.2 Å². The number of hydrogen-bond donors (Lipinski definition) is 1. The van der Waals surface area contributed by atoms with Gasteiger partial charge in [-0.2, -0.15) is 0 Å². The minimum atomic E-state index is 0.0208. The SMILES string of the molecule is CN(Cc1ccccc1)C(=O)C1CCCCC1N. The number of hydrogen-bond acceptors (Lipinski definition) is 2.